The Labute approximate surface area is 183 Å². The van der Waals surface area contributed by atoms with Gasteiger partial charge in [0.15, 0.2) is 17.3 Å². The van der Waals surface area contributed by atoms with Gasteiger partial charge in [-0.3, -0.25) is 9.89 Å². The number of imidazole rings is 1. The molecule has 1 aliphatic rings. The zero-order valence-electron chi connectivity index (χ0n) is 17.2. The number of aromatic nitrogens is 4. The molecule has 1 fully saturated rings. The number of nitrogen functional groups attached to an aromatic ring is 1. The first-order chi connectivity index (χ1) is 14.9. The molecule has 31 heavy (non-hydrogen) atoms. The number of nitrogens with zero attached hydrogens (tertiary/aromatic N) is 3. The number of H-pyrrole nitrogens is 1. The number of carbonyl (C=O) groups is 1. The van der Waals surface area contributed by atoms with E-state index >= 15 is 4.39 Å². The second kappa shape index (κ2) is 8.43. The first kappa shape index (κ1) is 20.9. The van der Waals surface area contributed by atoms with Crippen LogP contribution >= 0.6 is 11.6 Å². The van der Waals surface area contributed by atoms with Crippen molar-refractivity contribution < 1.29 is 9.18 Å². The van der Waals surface area contributed by atoms with E-state index in [0.717, 1.165) is 0 Å². The molecule has 0 radical (unpaired) electrons. The highest BCUT2D eigenvalue weighted by molar-refractivity contribution is 6.36. The molecule has 0 saturated heterocycles. The lowest BCUT2D eigenvalue weighted by molar-refractivity contribution is -0.105. The molecule has 8 nitrogen and oxygen atoms in total. The Morgan fingerprint density at radius 1 is 1.32 bits per heavy atom. The molecule has 0 aliphatic heterocycles. The lowest BCUT2D eigenvalue weighted by atomic mass is 10.0. The van der Waals surface area contributed by atoms with E-state index in [1.54, 1.807) is 29.1 Å². The molecule has 5 rings (SSSR count). The summed E-state index contributed by atoms with van der Waals surface area (Å²) in [4.78, 5) is 14.9. The molecule has 3 aromatic heterocycles. The van der Waals surface area contributed by atoms with Crippen LogP contribution in [0.25, 0.3) is 27.7 Å². The van der Waals surface area contributed by atoms with Crippen molar-refractivity contribution in [1.29, 1.82) is 0 Å². The van der Waals surface area contributed by atoms with E-state index in [1.165, 1.54) is 19.3 Å². The number of carbonyl (C=O) groups excluding carboxylic acids is 1. The molecule has 1 saturated carbocycles. The molecule has 0 unspecified atom stereocenters. The van der Waals surface area contributed by atoms with Crippen LogP contribution in [0.1, 0.15) is 33.1 Å². The second-order valence-corrected chi connectivity index (χ2v) is 8.08. The standard InChI is InChI=1S/C18H17ClFN7O.C3H6/c1-8(2)24-17-15(20)14(19)13(10-4-23-26-16(10)17)9-3-11(21)18-25-12(22-7-28)6-27(18)5-9;1-2-3-1/h3-8,24H,21H2,1-2H3,(H,22,28)(H,23,26);1-3H2. The zero-order chi connectivity index (χ0) is 22.1. The number of amides is 1. The van der Waals surface area contributed by atoms with Crippen molar-refractivity contribution in [1.82, 2.24) is 19.6 Å². The number of pyridine rings is 1. The molecule has 0 atom stereocenters. The van der Waals surface area contributed by atoms with Gasteiger partial charge in [0, 0.05) is 28.8 Å². The fraction of sp³-hybridized carbons (Fsp3) is 0.286. The van der Waals surface area contributed by atoms with E-state index in [0.29, 0.717) is 45.6 Å². The Bertz CT molecular complexity index is 1260. The first-order valence-corrected chi connectivity index (χ1v) is 10.4. The normalized spacial score (nSPS) is 12.7. The number of anilines is 3. The molecule has 1 aliphatic carbocycles. The number of hydrogen-bond acceptors (Lipinski definition) is 5. The monoisotopic (exact) mass is 443 g/mol. The van der Waals surface area contributed by atoms with Crippen LogP contribution in [0, 0.1) is 5.82 Å². The number of nitrogens with one attached hydrogen (secondary N) is 3. The van der Waals surface area contributed by atoms with Gasteiger partial charge in [-0.25, -0.2) is 9.37 Å². The summed E-state index contributed by atoms with van der Waals surface area (Å²) in [5, 5.41) is 13.1. The average Bonchev–Trinajstić information content (AvgIpc) is 3.43. The number of hydrogen-bond donors (Lipinski definition) is 4. The third kappa shape index (κ3) is 4.13. The molecule has 1 amide bonds. The highest BCUT2D eigenvalue weighted by Gasteiger charge is 2.22. The van der Waals surface area contributed by atoms with Crippen molar-refractivity contribution in [3.8, 4) is 11.1 Å². The number of aromatic amines is 1. The molecule has 162 valence electrons. The van der Waals surface area contributed by atoms with Gasteiger partial charge in [-0.1, -0.05) is 30.9 Å². The van der Waals surface area contributed by atoms with Gasteiger partial charge in [-0.15, -0.1) is 0 Å². The van der Waals surface area contributed by atoms with Gasteiger partial charge >= 0.3 is 0 Å². The minimum absolute atomic E-state index is 0.00426. The van der Waals surface area contributed by atoms with Crippen molar-refractivity contribution in [3.63, 3.8) is 0 Å². The van der Waals surface area contributed by atoms with Gasteiger partial charge < -0.3 is 20.8 Å². The molecular weight excluding hydrogens is 421 g/mol. The van der Waals surface area contributed by atoms with E-state index in [2.05, 4.69) is 25.8 Å². The van der Waals surface area contributed by atoms with Crippen molar-refractivity contribution in [3.05, 3.63) is 35.5 Å². The summed E-state index contributed by atoms with van der Waals surface area (Å²) in [5.74, 6) is -0.226. The summed E-state index contributed by atoms with van der Waals surface area (Å²) in [6.45, 7) is 3.81. The maximum absolute atomic E-state index is 15.1. The van der Waals surface area contributed by atoms with Gasteiger partial charge in [0.1, 0.15) is 0 Å². The zero-order valence-corrected chi connectivity index (χ0v) is 17.9. The second-order valence-electron chi connectivity index (χ2n) is 7.70. The van der Waals surface area contributed by atoms with Crippen LogP contribution in [-0.4, -0.2) is 32.0 Å². The summed E-state index contributed by atoms with van der Waals surface area (Å²) in [5.41, 5.74) is 8.79. The summed E-state index contributed by atoms with van der Waals surface area (Å²) < 4.78 is 16.7. The van der Waals surface area contributed by atoms with Crippen molar-refractivity contribution in [2.75, 3.05) is 16.4 Å². The van der Waals surface area contributed by atoms with Gasteiger partial charge in [-0.05, 0) is 19.9 Å². The molecule has 5 N–H and O–H groups in total. The quantitative estimate of drug-likeness (QED) is 0.330. The minimum Gasteiger partial charge on any atom is -0.396 e. The number of halogens is 2. The van der Waals surface area contributed by atoms with Crippen LogP contribution in [0.15, 0.2) is 24.7 Å². The molecule has 1 aromatic carbocycles. The van der Waals surface area contributed by atoms with Crippen LogP contribution in [0.2, 0.25) is 5.02 Å². The van der Waals surface area contributed by atoms with E-state index < -0.39 is 5.82 Å². The lowest BCUT2D eigenvalue weighted by Gasteiger charge is -2.16. The van der Waals surface area contributed by atoms with Gasteiger partial charge in [-0.2, -0.15) is 5.10 Å². The summed E-state index contributed by atoms with van der Waals surface area (Å²) >= 11 is 6.43. The summed E-state index contributed by atoms with van der Waals surface area (Å²) in [7, 11) is 0. The number of rotatable bonds is 5. The van der Waals surface area contributed by atoms with E-state index in [4.69, 9.17) is 17.3 Å². The molecular formula is C21H23ClFN7O. The third-order valence-electron chi connectivity index (χ3n) is 4.65. The molecule has 3 heterocycles. The maximum Gasteiger partial charge on any atom is 0.212 e. The Morgan fingerprint density at radius 3 is 2.71 bits per heavy atom. The van der Waals surface area contributed by atoms with E-state index in [9.17, 15) is 4.79 Å². The van der Waals surface area contributed by atoms with Gasteiger partial charge in [0.25, 0.3) is 0 Å². The van der Waals surface area contributed by atoms with E-state index in [1.807, 2.05) is 13.8 Å². The molecule has 4 aromatic rings. The maximum atomic E-state index is 15.1. The Hall–Kier alpha value is -3.33. The van der Waals surface area contributed by atoms with Gasteiger partial charge in [0.05, 0.1) is 34.3 Å². The first-order valence-electron chi connectivity index (χ1n) is 10.00. The Morgan fingerprint density at radius 2 is 2.06 bits per heavy atom. The summed E-state index contributed by atoms with van der Waals surface area (Å²) in [6, 6.07) is 1.67. The van der Waals surface area contributed by atoms with Crippen LogP contribution in [0.3, 0.4) is 0 Å². The van der Waals surface area contributed by atoms with Crippen LogP contribution < -0.4 is 16.4 Å². The highest BCUT2D eigenvalue weighted by Crippen LogP contribution is 2.42. The predicted molar refractivity (Wildman–Crippen MR) is 122 cm³/mol. The van der Waals surface area contributed by atoms with Gasteiger partial charge in [0.2, 0.25) is 6.41 Å². The predicted octanol–water partition coefficient (Wildman–Crippen LogP) is 4.81. The topological polar surface area (TPSA) is 113 Å². The molecule has 0 spiro atoms. The van der Waals surface area contributed by atoms with Crippen LogP contribution in [-0.2, 0) is 4.79 Å². The average molecular weight is 444 g/mol. The van der Waals surface area contributed by atoms with Crippen LogP contribution in [0.4, 0.5) is 21.6 Å². The Kier molecular flexibility index (Phi) is 5.69. The van der Waals surface area contributed by atoms with Crippen molar-refractivity contribution >= 4 is 51.8 Å². The largest absolute Gasteiger partial charge is 0.396 e. The fourth-order valence-corrected chi connectivity index (χ4v) is 3.52. The highest BCUT2D eigenvalue weighted by atomic mass is 35.5. The SMILES string of the molecule is C1CC1.CC(C)Nc1c(F)c(Cl)c(-c2cc(N)c3nc(NC=O)cn3c2)c2cn[nH]c12. The third-order valence-corrected chi connectivity index (χ3v) is 5.01. The number of benzene rings is 1. The van der Waals surface area contributed by atoms with Crippen molar-refractivity contribution in [2.45, 2.75) is 39.2 Å². The summed E-state index contributed by atoms with van der Waals surface area (Å²) in [6.07, 6.45) is 9.95. The molecule has 10 heteroatoms. The van der Waals surface area contributed by atoms with Crippen LogP contribution in [0.5, 0.6) is 0 Å². The Balaban J connectivity index is 0.000000710. The minimum atomic E-state index is -0.574. The number of fused-ring (bicyclic) bond motifs is 2. The van der Waals surface area contributed by atoms with Crippen molar-refractivity contribution in [2.24, 2.45) is 0 Å². The molecule has 0 bridgehead atoms. The lowest BCUT2D eigenvalue weighted by Crippen LogP contribution is -2.12. The number of nitrogens with two attached hydrogens (primary N) is 1. The van der Waals surface area contributed by atoms with E-state index in [-0.39, 0.29) is 16.8 Å². The smallest absolute Gasteiger partial charge is 0.212 e. The fourth-order valence-electron chi connectivity index (χ4n) is 3.21.